The third-order valence-corrected chi connectivity index (χ3v) is 5.72. The summed E-state index contributed by atoms with van der Waals surface area (Å²) in [6, 6.07) is 0.141. The Balaban J connectivity index is 1.92. The molecule has 2 fully saturated rings. The standard InChI is InChI=1S/C12H25N3O2S/c13-9-11-5-4-8-15(10-11)18(16,17)14-12-6-2-1-3-7-12/h11-12,14H,1-10,13H2. The fraction of sp³-hybridized carbons (Fsp3) is 1.00. The maximum atomic E-state index is 12.3. The molecule has 1 aliphatic carbocycles. The van der Waals surface area contributed by atoms with E-state index in [-0.39, 0.29) is 6.04 Å². The van der Waals surface area contributed by atoms with Crippen molar-refractivity contribution in [3.8, 4) is 0 Å². The third-order valence-electron chi connectivity index (χ3n) is 4.08. The van der Waals surface area contributed by atoms with E-state index in [4.69, 9.17) is 5.73 Å². The normalized spacial score (nSPS) is 28.4. The SMILES string of the molecule is NCC1CCCN(S(=O)(=O)NC2CCCCC2)C1. The van der Waals surface area contributed by atoms with Gasteiger partial charge in [-0.25, -0.2) is 0 Å². The topological polar surface area (TPSA) is 75.4 Å². The molecule has 3 N–H and O–H groups in total. The molecule has 0 bridgehead atoms. The summed E-state index contributed by atoms with van der Waals surface area (Å²) in [7, 11) is -3.30. The van der Waals surface area contributed by atoms with E-state index in [1.54, 1.807) is 4.31 Å². The second kappa shape index (κ2) is 6.32. The number of hydrogen-bond acceptors (Lipinski definition) is 3. The minimum Gasteiger partial charge on any atom is -0.330 e. The van der Waals surface area contributed by atoms with Crippen LogP contribution in [0.1, 0.15) is 44.9 Å². The highest BCUT2D eigenvalue weighted by molar-refractivity contribution is 7.87. The molecule has 0 aromatic heterocycles. The van der Waals surface area contributed by atoms with Crippen molar-refractivity contribution < 1.29 is 8.42 Å². The van der Waals surface area contributed by atoms with Crippen LogP contribution in [-0.4, -0.2) is 38.4 Å². The molecular weight excluding hydrogens is 250 g/mol. The molecule has 0 radical (unpaired) electrons. The van der Waals surface area contributed by atoms with Crippen LogP contribution >= 0.6 is 0 Å². The highest BCUT2D eigenvalue weighted by Crippen LogP contribution is 2.21. The molecule has 18 heavy (non-hydrogen) atoms. The van der Waals surface area contributed by atoms with Crippen LogP contribution in [0.5, 0.6) is 0 Å². The van der Waals surface area contributed by atoms with Crippen LogP contribution in [0.25, 0.3) is 0 Å². The summed E-state index contributed by atoms with van der Waals surface area (Å²) in [6.07, 6.45) is 7.44. The van der Waals surface area contributed by atoms with Gasteiger partial charge in [0.15, 0.2) is 0 Å². The molecule has 2 rings (SSSR count). The molecule has 106 valence electrons. The monoisotopic (exact) mass is 275 g/mol. The Hall–Kier alpha value is -0.170. The van der Waals surface area contributed by atoms with E-state index in [2.05, 4.69) is 4.72 Å². The Morgan fingerprint density at radius 3 is 2.50 bits per heavy atom. The van der Waals surface area contributed by atoms with Crippen molar-refractivity contribution in [2.75, 3.05) is 19.6 Å². The summed E-state index contributed by atoms with van der Waals surface area (Å²) in [4.78, 5) is 0. The number of nitrogens with zero attached hydrogens (tertiary/aromatic N) is 1. The van der Waals surface area contributed by atoms with Gasteiger partial charge < -0.3 is 5.73 Å². The predicted octanol–water partition coefficient (Wildman–Crippen LogP) is 0.824. The van der Waals surface area contributed by atoms with Crippen LogP contribution < -0.4 is 10.5 Å². The van der Waals surface area contributed by atoms with E-state index in [1.165, 1.54) is 6.42 Å². The average Bonchev–Trinajstić information content (AvgIpc) is 2.39. The lowest BCUT2D eigenvalue weighted by atomic mass is 9.96. The van der Waals surface area contributed by atoms with Crippen molar-refractivity contribution in [3.05, 3.63) is 0 Å². The fourth-order valence-corrected chi connectivity index (χ4v) is 4.53. The van der Waals surface area contributed by atoms with Crippen LogP contribution in [-0.2, 0) is 10.2 Å². The molecule has 0 aromatic rings. The number of rotatable bonds is 4. The van der Waals surface area contributed by atoms with Gasteiger partial charge in [-0.2, -0.15) is 17.4 Å². The first kappa shape index (κ1) is 14.2. The van der Waals surface area contributed by atoms with E-state index in [0.29, 0.717) is 25.6 Å². The quantitative estimate of drug-likeness (QED) is 0.798. The van der Waals surface area contributed by atoms with Crippen LogP contribution in [0.15, 0.2) is 0 Å². The summed E-state index contributed by atoms with van der Waals surface area (Å²) < 4.78 is 29.0. The molecule has 1 unspecified atom stereocenters. The van der Waals surface area contributed by atoms with Gasteiger partial charge in [-0.05, 0) is 38.1 Å². The van der Waals surface area contributed by atoms with E-state index < -0.39 is 10.2 Å². The van der Waals surface area contributed by atoms with Crippen LogP contribution in [0.3, 0.4) is 0 Å². The average molecular weight is 275 g/mol. The fourth-order valence-electron chi connectivity index (χ4n) is 2.94. The largest absolute Gasteiger partial charge is 0.330 e. The molecule has 1 aliphatic heterocycles. The highest BCUT2D eigenvalue weighted by Gasteiger charge is 2.30. The van der Waals surface area contributed by atoms with Gasteiger partial charge in [0.2, 0.25) is 0 Å². The van der Waals surface area contributed by atoms with E-state index >= 15 is 0 Å². The number of hydrogen-bond donors (Lipinski definition) is 2. The molecule has 1 heterocycles. The molecule has 0 spiro atoms. The zero-order valence-electron chi connectivity index (χ0n) is 11.0. The van der Waals surface area contributed by atoms with Crippen LogP contribution in [0.2, 0.25) is 0 Å². The van der Waals surface area contributed by atoms with Crippen molar-refractivity contribution in [1.82, 2.24) is 9.03 Å². The van der Waals surface area contributed by atoms with Gasteiger partial charge in [-0.1, -0.05) is 19.3 Å². The van der Waals surface area contributed by atoms with Crippen LogP contribution in [0, 0.1) is 5.92 Å². The van der Waals surface area contributed by atoms with Crippen molar-refractivity contribution in [2.45, 2.75) is 51.0 Å². The zero-order valence-corrected chi connectivity index (χ0v) is 11.8. The Bertz CT molecular complexity index is 352. The molecule has 1 saturated carbocycles. The molecule has 5 nitrogen and oxygen atoms in total. The number of nitrogens with one attached hydrogen (secondary N) is 1. The lowest BCUT2D eigenvalue weighted by Crippen LogP contribution is -2.50. The van der Waals surface area contributed by atoms with E-state index in [0.717, 1.165) is 38.5 Å². The highest BCUT2D eigenvalue weighted by atomic mass is 32.2. The van der Waals surface area contributed by atoms with Crippen molar-refractivity contribution in [3.63, 3.8) is 0 Å². The van der Waals surface area contributed by atoms with Gasteiger partial charge in [0.1, 0.15) is 0 Å². The van der Waals surface area contributed by atoms with Crippen LogP contribution in [0.4, 0.5) is 0 Å². The van der Waals surface area contributed by atoms with Gasteiger partial charge in [0.05, 0.1) is 0 Å². The summed E-state index contributed by atoms with van der Waals surface area (Å²) >= 11 is 0. The van der Waals surface area contributed by atoms with Crippen molar-refractivity contribution >= 4 is 10.2 Å². The first-order valence-electron chi connectivity index (χ1n) is 7.09. The van der Waals surface area contributed by atoms with Gasteiger partial charge in [0, 0.05) is 19.1 Å². The molecule has 0 amide bonds. The lowest BCUT2D eigenvalue weighted by Gasteiger charge is -2.33. The second-order valence-electron chi connectivity index (χ2n) is 5.56. The lowest BCUT2D eigenvalue weighted by molar-refractivity contribution is 0.265. The Morgan fingerprint density at radius 1 is 1.11 bits per heavy atom. The van der Waals surface area contributed by atoms with Crippen molar-refractivity contribution in [2.24, 2.45) is 11.7 Å². The molecular formula is C12H25N3O2S. The van der Waals surface area contributed by atoms with E-state index in [9.17, 15) is 8.42 Å². The Labute approximate surface area is 110 Å². The van der Waals surface area contributed by atoms with Gasteiger partial charge in [0.25, 0.3) is 10.2 Å². The number of nitrogens with two attached hydrogens (primary N) is 1. The maximum Gasteiger partial charge on any atom is 0.279 e. The molecule has 1 saturated heterocycles. The maximum absolute atomic E-state index is 12.3. The Kier molecular flexibility index (Phi) is 5.00. The first-order valence-corrected chi connectivity index (χ1v) is 8.53. The molecule has 0 aromatic carbocycles. The van der Waals surface area contributed by atoms with E-state index in [1.807, 2.05) is 0 Å². The summed E-state index contributed by atoms with van der Waals surface area (Å²) in [5.74, 6) is 0.321. The van der Waals surface area contributed by atoms with Gasteiger partial charge in [-0.15, -0.1) is 0 Å². The molecule has 6 heteroatoms. The zero-order chi connectivity index (χ0) is 13.0. The molecule has 2 aliphatic rings. The summed E-state index contributed by atoms with van der Waals surface area (Å²) in [5.41, 5.74) is 5.65. The Morgan fingerprint density at radius 2 is 1.83 bits per heavy atom. The minimum atomic E-state index is -3.30. The summed E-state index contributed by atoms with van der Waals surface area (Å²) in [6.45, 7) is 1.80. The van der Waals surface area contributed by atoms with Gasteiger partial charge in [-0.3, -0.25) is 0 Å². The van der Waals surface area contributed by atoms with Gasteiger partial charge >= 0.3 is 0 Å². The molecule has 1 atom stereocenters. The smallest absolute Gasteiger partial charge is 0.279 e. The minimum absolute atomic E-state index is 0.141. The number of piperidine rings is 1. The summed E-state index contributed by atoms with van der Waals surface area (Å²) in [5, 5.41) is 0. The third kappa shape index (κ3) is 3.66. The predicted molar refractivity (Wildman–Crippen MR) is 72.3 cm³/mol. The second-order valence-corrected chi connectivity index (χ2v) is 7.26. The first-order chi connectivity index (χ1) is 8.62. The van der Waals surface area contributed by atoms with Crippen molar-refractivity contribution in [1.29, 1.82) is 0 Å².